The molecule has 0 amide bonds. The first-order valence-electron chi connectivity index (χ1n) is 5.94. The van der Waals surface area contributed by atoms with Crippen molar-refractivity contribution in [3.63, 3.8) is 0 Å². The number of ether oxygens (including phenoxy) is 1. The van der Waals surface area contributed by atoms with Gasteiger partial charge in [0.05, 0.1) is 0 Å². The van der Waals surface area contributed by atoms with Gasteiger partial charge in [-0.15, -0.1) is 0 Å². The summed E-state index contributed by atoms with van der Waals surface area (Å²) in [6.07, 6.45) is 1.99. The Bertz CT molecular complexity index is 699. The van der Waals surface area contributed by atoms with Crippen molar-refractivity contribution in [1.29, 1.82) is 0 Å². The van der Waals surface area contributed by atoms with E-state index in [2.05, 4.69) is 15.0 Å². The maximum Gasteiger partial charge on any atom is 0.226 e. The van der Waals surface area contributed by atoms with Crippen molar-refractivity contribution in [2.24, 2.45) is 0 Å². The molecule has 106 valence electrons. The van der Waals surface area contributed by atoms with Gasteiger partial charge in [-0.25, -0.2) is 4.98 Å². The van der Waals surface area contributed by atoms with Crippen molar-refractivity contribution >= 4 is 28.6 Å². The molecule has 0 fully saturated rings. The van der Waals surface area contributed by atoms with Gasteiger partial charge in [-0.2, -0.15) is 9.97 Å². The Morgan fingerprint density at radius 3 is 3.05 bits per heavy atom. The number of aliphatic hydroxyl groups excluding tert-OH is 2. The second-order valence-corrected chi connectivity index (χ2v) is 4.68. The summed E-state index contributed by atoms with van der Waals surface area (Å²) in [7, 11) is 0. The van der Waals surface area contributed by atoms with E-state index >= 15 is 0 Å². The van der Waals surface area contributed by atoms with Gasteiger partial charge in [-0.05, 0) is 11.6 Å². The zero-order valence-electron chi connectivity index (χ0n) is 10.3. The average molecular weight is 298 g/mol. The van der Waals surface area contributed by atoms with Crippen molar-refractivity contribution in [1.82, 2.24) is 19.5 Å². The number of aliphatic hydroxyl groups is 2. The number of hydrogen-bond acceptors (Lipinski definition) is 7. The van der Waals surface area contributed by atoms with Crippen LogP contribution in [0.25, 0.3) is 11.2 Å². The summed E-state index contributed by atoms with van der Waals surface area (Å²) in [6, 6.07) is 0. The second-order valence-electron chi connectivity index (χ2n) is 4.34. The summed E-state index contributed by atoms with van der Waals surface area (Å²) in [5.74, 6) is 0.395. The Kier molecular flexibility index (Phi) is 3.11. The number of allylic oxidation sites excluding steroid dienone is 1. The molecule has 1 aliphatic heterocycles. The lowest BCUT2D eigenvalue weighted by Gasteiger charge is -2.26. The largest absolute Gasteiger partial charge is 0.509 e. The first-order valence-corrected chi connectivity index (χ1v) is 6.32. The number of nitrogens with two attached hydrogens (primary N) is 1. The molecule has 0 bridgehead atoms. The standard InChI is InChI=1S/C11H12ClN5O3/c12-11-15-9(13)8-10(16-11)17(4-14-8)7-2-1-5(19)6(3-18)20-7/h4,7,18-19H,1-3H2,(H2,13,15,16)/t7-/m1/s1. The van der Waals surface area contributed by atoms with E-state index in [1.165, 1.54) is 6.33 Å². The molecule has 0 saturated heterocycles. The van der Waals surface area contributed by atoms with Crippen LogP contribution in [-0.2, 0) is 4.74 Å². The molecule has 0 unspecified atom stereocenters. The van der Waals surface area contributed by atoms with E-state index in [1.54, 1.807) is 4.57 Å². The van der Waals surface area contributed by atoms with Crippen LogP contribution in [0.5, 0.6) is 0 Å². The smallest absolute Gasteiger partial charge is 0.226 e. The van der Waals surface area contributed by atoms with Gasteiger partial charge >= 0.3 is 0 Å². The van der Waals surface area contributed by atoms with Crippen LogP contribution in [0, 0.1) is 0 Å². The highest BCUT2D eigenvalue weighted by Gasteiger charge is 2.25. The Hall–Kier alpha value is -2.06. The predicted molar refractivity (Wildman–Crippen MR) is 70.8 cm³/mol. The Balaban J connectivity index is 2.04. The first-order chi connectivity index (χ1) is 9.60. The summed E-state index contributed by atoms with van der Waals surface area (Å²) in [4.78, 5) is 12.1. The quantitative estimate of drug-likeness (QED) is 0.711. The van der Waals surface area contributed by atoms with Crippen LogP contribution in [0.4, 0.5) is 5.82 Å². The lowest BCUT2D eigenvalue weighted by Crippen LogP contribution is -2.19. The highest BCUT2D eigenvalue weighted by Crippen LogP contribution is 2.31. The highest BCUT2D eigenvalue weighted by atomic mass is 35.5. The first kappa shape index (κ1) is 12.9. The van der Waals surface area contributed by atoms with Gasteiger partial charge in [0.2, 0.25) is 5.28 Å². The minimum atomic E-state index is -0.441. The molecule has 0 spiro atoms. The number of nitrogen functional groups attached to an aromatic ring is 1. The minimum absolute atomic E-state index is 0.0216. The third kappa shape index (κ3) is 2.02. The highest BCUT2D eigenvalue weighted by molar-refractivity contribution is 6.28. The zero-order chi connectivity index (χ0) is 14.3. The molecule has 2 aromatic rings. The van der Waals surface area contributed by atoms with Crippen LogP contribution in [0.15, 0.2) is 17.8 Å². The molecule has 9 heteroatoms. The topological polar surface area (TPSA) is 119 Å². The Labute approximate surface area is 118 Å². The van der Waals surface area contributed by atoms with Gasteiger partial charge in [0, 0.05) is 12.8 Å². The molecular formula is C11H12ClN5O3. The lowest BCUT2D eigenvalue weighted by atomic mass is 10.2. The molecule has 0 radical (unpaired) electrons. The molecule has 8 nitrogen and oxygen atoms in total. The predicted octanol–water partition coefficient (Wildman–Crippen LogP) is 1.13. The van der Waals surface area contributed by atoms with E-state index in [4.69, 9.17) is 27.2 Å². The van der Waals surface area contributed by atoms with Crippen molar-refractivity contribution in [2.75, 3.05) is 12.3 Å². The molecule has 1 atom stereocenters. The average Bonchev–Trinajstić information content (AvgIpc) is 2.83. The molecule has 3 heterocycles. The van der Waals surface area contributed by atoms with Crippen LogP contribution < -0.4 is 5.73 Å². The molecule has 1 aliphatic rings. The van der Waals surface area contributed by atoms with Crippen molar-refractivity contribution in [3.8, 4) is 0 Å². The van der Waals surface area contributed by atoms with Crippen LogP contribution in [-0.4, -0.2) is 36.3 Å². The summed E-state index contributed by atoms with van der Waals surface area (Å²) in [5, 5.41) is 18.8. The second kappa shape index (κ2) is 4.80. The molecule has 3 rings (SSSR count). The van der Waals surface area contributed by atoms with Gasteiger partial charge in [-0.3, -0.25) is 4.57 Å². The fraction of sp³-hybridized carbons (Fsp3) is 0.364. The third-order valence-corrected chi connectivity index (χ3v) is 3.27. The minimum Gasteiger partial charge on any atom is -0.509 e. The van der Waals surface area contributed by atoms with Gasteiger partial charge in [0.15, 0.2) is 23.5 Å². The number of imidazole rings is 1. The molecule has 0 aliphatic carbocycles. The monoisotopic (exact) mass is 297 g/mol. The molecular weight excluding hydrogens is 286 g/mol. The number of nitrogens with zero attached hydrogens (tertiary/aromatic N) is 4. The molecule has 0 saturated carbocycles. The van der Waals surface area contributed by atoms with E-state index in [0.29, 0.717) is 24.0 Å². The van der Waals surface area contributed by atoms with Gasteiger partial charge in [0.1, 0.15) is 24.2 Å². The maximum absolute atomic E-state index is 9.59. The fourth-order valence-corrected chi connectivity index (χ4v) is 2.31. The summed E-state index contributed by atoms with van der Waals surface area (Å²) < 4.78 is 7.19. The number of anilines is 1. The summed E-state index contributed by atoms with van der Waals surface area (Å²) >= 11 is 5.80. The van der Waals surface area contributed by atoms with Crippen molar-refractivity contribution in [2.45, 2.75) is 19.1 Å². The van der Waals surface area contributed by atoms with Gasteiger partial charge in [0.25, 0.3) is 0 Å². The molecule has 0 aromatic carbocycles. The van der Waals surface area contributed by atoms with Crippen LogP contribution >= 0.6 is 11.6 Å². The Morgan fingerprint density at radius 1 is 1.50 bits per heavy atom. The van der Waals surface area contributed by atoms with E-state index in [-0.39, 0.29) is 29.2 Å². The normalized spacial score (nSPS) is 19.4. The van der Waals surface area contributed by atoms with E-state index in [0.717, 1.165) is 0 Å². The van der Waals surface area contributed by atoms with Crippen LogP contribution in [0.3, 0.4) is 0 Å². The summed E-state index contributed by atoms with van der Waals surface area (Å²) in [5.41, 5.74) is 6.62. The zero-order valence-corrected chi connectivity index (χ0v) is 11.1. The van der Waals surface area contributed by atoms with Gasteiger partial charge in [-0.1, -0.05) is 0 Å². The van der Waals surface area contributed by atoms with E-state index in [1.807, 2.05) is 0 Å². The van der Waals surface area contributed by atoms with Crippen LogP contribution in [0.1, 0.15) is 19.1 Å². The van der Waals surface area contributed by atoms with Crippen LogP contribution in [0.2, 0.25) is 5.28 Å². The molecule has 2 aromatic heterocycles. The van der Waals surface area contributed by atoms with E-state index < -0.39 is 6.23 Å². The fourth-order valence-electron chi connectivity index (χ4n) is 2.14. The number of aromatic nitrogens is 4. The Morgan fingerprint density at radius 2 is 2.30 bits per heavy atom. The number of fused-ring (bicyclic) bond motifs is 1. The van der Waals surface area contributed by atoms with Gasteiger partial charge < -0.3 is 20.7 Å². The number of hydrogen-bond donors (Lipinski definition) is 3. The summed E-state index contributed by atoms with van der Waals surface area (Å²) in [6.45, 7) is -0.368. The van der Waals surface area contributed by atoms with Crippen molar-refractivity contribution in [3.05, 3.63) is 23.1 Å². The number of halogens is 1. The van der Waals surface area contributed by atoms with E-state index in [9.17, 15) is 5.11 Å². The third-order valence-electron chi connectivity index (χ3n) is 3.10. The maximum atomic E-state index is 9.59. The molecule has 20 heavy (non-hydrogen) atoms. The van der Waals surface area contributed by atoms with Crippen molar-refractivity contribution < 1.29 is 14.9 Å². The SMILES string of the molecule is Nc1nc(Cl)nc2c1ncn2[C@H]1CCC(O)=C(CO)O1. The lowest BCUT2D eigenvalue weighted by molar-refractivity contribution is 0.00494. The molecule has 4 N–H and O–H groups in total. The number of rotatable bonds is 2.